The molecule has 3 N–H and O–H groups in total. The second-order valence-electron chi connectivity index (χ2n) is 4.84. The van der Waals surface area contributed by atoms with Gasteiger partial charge >= 0.3 is 0 Å². The van der Waals surface area contributed by atoms with Crippen LogP contribution in [-0.4, -0.2) is 26.0 Å². The van der Waals surface area contributed by atoms with Crippen LogP contribution in [0.5, 0.6) is 0 Å². The van der Waals surface area contributed by atoms with Gasteiger partial charge in [0.1, 0.15) is 10.7 Å². The lowest BCUT2D eigenvalue weighted by Gasteiger charge is -2.30. The standard InChI is InChI=1S/C12H19BrN2O3S2/c1-19-10-5-3-2-4-9(10)15-20(16,17)11-6-8(7-14)18-12(11)13/h6,9-10,15H,2-5,7,14H2,1H3. The van der Waals surface area contributed by atoms with Gasteiger partial charge in [-0.25, -0.2) is 13.1 Å². The number of thioether (sulfide) groups is 1. The van der Waals surface area contributed by atoms with Crippen molar-refractivity contribution in [3.05, 3.63) is 16.5 Å². The van der Waals surface area contributed by atoms with E-state index in [-0.39, 0.29) is 22.2 Å². The van der Waals surface area contributed by atoms with Gasteiger partial charge in [0.15, 0.2) is 4.67 Å². The number of hydrogen-bond acceptors (Lipinski definition) is 5. The van der Waals surface area contributed by atoms with Gasteiger partial charge in [-0.2, -0.15) is 11.8 Å². The van der Waals surface area contributed by atoms with Crippen LogP contribution >= 0.6 is 27.7 Å². The molecule has 1 aliphatic carbocycles. The van der Waals surface area contributed by atoms with Crippen LogP contribution in [-0.2, 0) is 16.6 Å². The van der Waals surface area contributed by atoms with Crippen LogP contribution in [0.4, 0.5) is 0 Å². The van der Waals surface area contributed by atoms with E-state index >= 15 is 0 Å². The Hall–Kier alpha value is -0.0200. The number of nitrogens with two attached hydrogens (primary N) is 1. The molecule has 0 aromatic carbocycles. The van der Waals surface area contributed by atoms with E-state index in [4.69, 9.17) is 10.2 Å². The Bertz CT molecular complexity index is 559. The maximum atomic E-state index is 12.5. The van der Waals surface area contributed by atoms with Gasteiger partial charge in [0.2, 0.25) is 10.0 Å². The SMILES string of the molecule is CSC1CCCCC1NS(=O)(=O)c1cc(CN)oc1Br. The van der Waals surface area contributed by atoms with Crippen molar-refractivity contribution in [1.29, 1.82) is 0 Å². The van der Waals surface area contributed by atoms with E-state index < -0.39 is 10.0 Å². The lowest BCUT2D eigenvalue weighted by molar-refractivity contribution is 0.422. The molecule has 0 amide bonds. The molecule has 0 bridgehead atoms. The fraction of sp³-hybridized carbons (Fsp3) is 0.667. The fourth-order valence-corrected chi connectivity index (χ4v) is 5.79. The maximum Gasteiger partial charge on any atom is 0.245 e. The molecule has 1 fully saturated rings. The molecule has 0 spiro atoms. The predicted molar refractivity (Wildman–Crippen MR) is 84.2 cm³/mol. The molecule has 1 aromatic rings. The summed E-state index contributed by atoms with van der Waals surface area (Å²) in [6, 6.07) is 1.45. The lowest BCUT2D eigenvalue weighted by Crippen LogP contribution is -2.43. The average molecular weight is 383 g/mol. The van der Waals surface area contributed by atoms with E-state index in [1.807, 2.05) is 6.26 Å². The fourth-order valence-electron chi connectivity index (χ4n) is 2.46. The van der Waals surface area contributed by atoms with Gasteiger partial charge in [0.25, 0.3) is 0 Å². The van der Waals surface area contributed by atoms with Crippen molar-refractivity contribution in [2.75, 3.05) is 6.26 Å². The van der Waals surface area contributed by atoms with Gasteiger partial charge in [0.05, 0.1) is 6.54 Å². The third kappa shape index (κ3) is 3.59. The summed E-state index contributed by atoms with van der Waals surface area (Å²) in [5.74, 6) is 0.447. The van der Waals surface area contributed by atoms with E-state index in [0.29, 0.717) is 11.0 Å². The average Bonchev–Trinajstić information content (AvgIpc) is 2.81. The quantitative estimate of drug-likeness (QED) is 0.816. The summed E-state index contributed by atoms with van der Waals surface area (Å²) < 4.78 is 33.2. The third-order valence-electron chi connectivity index (χ3n) is 3.51. The molecule has 114 valence electrons. The minimum atomic E-state index is -3.58. The van der Waals surface area contributed by atoms with Gasteiger partial charge in [0, 0.05) is 17.4 Å². The van der Waals surface area contributed by atoms with Crippen molar-refractivity contribution in [2.24, 2.45) is 5.73 Å². The molecule has 2 rings (SSSR count). The van der Waals surface area contributed by atoms with Crippen molar-refractivity contribution >= 4 is 37.7 Å². The number of nitrogens with one attached hydrogen (secondary N) is 1. The van der Waals surface area contributed by atoms with Gasteiger partial charge in [-0.3, -0.25) is 0 Å². The normalized spacial score (nSPS) is 23.9. The monoisotopic (exact) mass is 382 g/mol. The predicted octanol–water partition coefficient (Wildman–Crippen LogP) is 2.45. The molecule has 2 atom stereocenters. The molecular formula is C12H19BrN2O3S2. The molecule has 5 nitrogen and oxygen atoms in total. The van der Waals surface area contributed by atoms with Crippen molar-refractivity contribution in [2.45, 2.75) is 48.4 Å². The molecule has 0 aliphatic heterocycles. The van der Waals surface area contributed by atoms with E-state index in [9.17, 15) is 8.42 Å². The second kappa shape index (κ2) is 6.83. The Labute approximate surface area is 132 Å². The van der Waals surface area contributed by atoms with E-state index in [1.165, 1.54) is 6.07 Å². The van der Waals surface area contributed by atoms with E-state index in [2.05, 4.69) is 20.7 Å². The van der Waals surface area contributed by atoms with Crippen LogP contribution in [0, 0.1) is 0 Å². The Morgan fingerprint density at radius 1 is 1.50 bits per heavy atom. The maximum absolute atomic E-state index is 12.5. The first-order chi connectivity index (χ1) is 9.47. The number of halogens is 1. The Balaban J connectivity index is 2.19. The first kappa shape index (κ1) is 16.4. The molecule has 2 unspecified atom stereocenters. The first-order valence-corrected chi connectivity index (χ1v) is 10.1. The van der Waals surface area contributed by atoms with Crippen molar-refractivity contribution in [3.8, 4) is 0 Å². The zero-order chi connectivity index (χ0) is 14.8. The van der Waals surface area contributed by atoms with Crippen LogP contribution in [0.25, 0.3) is 0 Å². The number of rotatable bonds is 5. The number of furan rings is 1. The summed E-state index contributed by atoms with van der Waals surface area (Å²) in [5, 5.41) is 0.332. The molecule has 0 saturated heterocycles. The Morgan fingerprint density at radius 3 is 2.80 bits per heavy atom. The van der Waals surface area contributed by atoms with Crippen LogP contribution in [0.3, 0.4) is 0 Å². The smallest absolute Gasteiger partial charge is 0.245 e. The lowest BCUT2D eigenvalue weighted by atomic mass is 9.96. The highest BCUT2D eigenvalue weighted by atomic mass is 79.9. The van der Waals surface area contributed by atoms with Crippen molar-refractivity contribution in [3.63, 3.8) is 0 Å². The van der Waals surface area contributed by atoms with Crippen LogP contribution < -0.4 is 10.5 Å². The summed E-state index contributed by atoms with van der Waals surface area (Å²) in [7, 11) is -3.58. The Kier molecular flexibility index (Phi) is 5.58. The van der Waals surface area contributed by atoms with Crippen LogP contribution in [0.15, 0.2) is 20.0 Å². The van der Waals surface area contributed by atoms with Crippen LogP contribution in [0.1, 0.15) is 31.4 Å². The van der Waals surface area contributed by atoms with Crippen molar-refractivity contribution in [1.82, 2.24) is 4.72 Å². The third-order valence-corrected chi connectivity index (χ3v) is 7.03. The highest BCUT2D eigenvalue weighted by Crippen LogP contribution is 2.30. The zero-order valence-electron chi connectivity index (χ0n) is 11.3. The zero-order valence-corrected chi connectivity index (χ0v) is 14.5. The van der Waals surface area contributed by atoms with E-state index in [0.717, 1.165) is 25.7 Å². The molecule has 1 aromatic heterocycles. The van der Waals surface area contributed by atoms with Crippen molar-refractivity contribution < 1.29 is 12.8 Å². The molecule has 20 heavy (non-hydrogen) atoms. The number of sulfonamides is 1. The highest BCUT2D eigenvalue weighted by Gasteiger charge is 2.31. The minimum absolute atomic E-state index is 0.0214. The van der Waals surface area contributed by atoms with Gasteiger partial charge in [-0.1, -0.05) is 12.8 Å². The molecule has 1 aliphatic rings. The molecule has 1 heterocycles. The molecular weight excluding hydrogens is 364 g/mol. The summed E-state index contributed by atoms with van der Waals surface area (Å²) in [6.07, 6.45) is 6.18. The first-order valence-electron chi connectivity index (χ1n) is 6.51. The van der Waals surface area contributed by atoms with Gasteiger partial charge in [-0.15, -0.1) is 0 Å². The largest absolute Gasteiger partial charge is 0.452 e. The van der Waals surface area contributed by atoms with Crippen LogP contribution in [0.2, 0.25) is 0 Å². The van der Waals surface area contributed by atoms with Gasteiger partial charge in [-0.05, 0) is 35.0 Å². The topological polar surface area (TPSA) is 85.3 Å². The summed E-state index contributed by atoms with van der Waals surface area (Å²) in [6.45, 7) is 0.172. The molecule has 8 heteroatoms. The summed E-state index contributed by atoms with van der Waals surface area (Å²) in [4.78, 5) is 0.128. The molecule has 0 radical (unpaired) electrons. The minimum Gasteiger partial charge on any atom is -0.452 e. The Morgan fingerprint density at radius 2 is 2.20 bits per heavy atom. The molecule has 1 saturated carbocycles. The summed E-state index contributed by atoms with van der Waals surface area (Å²) >= 11 is 4.87. The van der Waals surface area contributed by atoms with Gasteiger partial charge < -0.3 is 10.2 Å². The second-order valence-corrected chi connectivity index (χ2v) is 8.32. The number of hydrogen-bond donors (Lipinski definition) is 2. The van der Waals surface area contributed by atoms with E-state index in [1.54, 1.807) is 11.8 Å². The summed E-state index contributed by atoms with van der Waals surface area (Å²) in [5.41, 5.74) is 5.47. The highest BCUT2D eigenvalue weighted by molar-refractivity contribution is 9.10.